The Balaban J connectivity index is 1.78. The SMILES string of the molecule is CCOC(=O)C1CCC(NC(C)c2ccc(Cl)s2)CC1. The molecule has 0 amide bonds. The zero-order valence-corrected chi connectivity index (χ0v) is 13.6. The van der Waals surface area contributed by atoms with Crippen molar-refractivity contribution in [1.82, 2.24) is 5.32 Å². The van der Waals surface area contributed by atoms with Gasteiger partial charge in [-0.15, -0.1) is 11.3 Å². The molecule has 1 N–H and O–H groups in total. The highest BCUT2D eigenvalue weighted by Gasteiger charge is 2.27. The van der Waals surface area contributed by atoms with E-state index in [1.807, 2.05) is 13.0 Å². The van der Waals surface area contributed by atoms with Gasteiger partial charge < -0.3 is 10.1 Å². The molecular formula is C15H22ClNO2S. The van der Waals surface area contributed by atoms with Gasteiger partial charge in [-0.2, -0.15) is 0 Å². The summed E-state index contributed by atoms with van der Waals surface area (Å²) >= 11 is 7.60. The number of rotatable bonds is 5. The first-order valence-corrected chi connectivity index (χ1v) is 8.47. The summed E-state index contributed by atoms with van der Waals surface area (Å²) < 4.78 is 5.93. The molecule has 1 fully saturated rings. The Morgan fingerprint density at radius 3 is 2.70 bits per heavy atom. The number of thiophene rings is 1. The zero-order valence-electron chi connectivity index (χ0n) is 12.0. The summed E-state index contributed by atoms with van der Waals surface area (Å²) in [4.78, 5) is 13.0. The van der Waals surface area contributed by atoms with E-state index < -0.39 is 0 Å². The van der Waals surface area contributed by atoms with E-state index in [0.29, 0.717) is 18.7 Å². The van der Waals surface area contributed by atoms with Crippen LogP contribution in [0.4, 0.5) is 0 Å². The fourth-order valence-corrected chi connectivity index (χ4v) is 3.82. The molecule has 0 aromatic carbocycles. The number of ether oxygens (including phenoxy) is 1. The molecule has 112 valence electrons. The summed E-state index contributed by atoms with van der Waals surface area (Å²) in [5.74, 6) is 0.0727. The van der Waals surface area contributed by atoms with Gasteiger partial charge in [-0.05, 0) is 51.7 Å². The van der Waals surface area contributed by atoms with E-state index in [2.05, 4.69) is 18.3 Å². The molecule has 1 saturated carbocycles. The maximum absolute atomic E-state index is 11.7. The van der Waals surface area contributed by atoms with Gasteiger partial charge in [0, 0.05) is 17.0 Å². The average molecular weight is 316 g/mol. The van der Waals surface area contributed by atoms with Gasteiger partial charge in [0.05, 0.1) is 16.9 Å². The summed E-state index contributed by atoms with van der Waals surface area (Å²) in [7, 11) is 0. The second kappa shape index (κ2) is 7.43. The Hall–Kier alpha value is -0.580. The number of carbonyl (C=O) groups excluding carboxylic acids is 1. The molecule has 20 heavy (non-hydrogen) atoms. The van der Waals surface area contributed by atoms with Gasteiger partial charge in [0.15, 0.2) is 0 Å². The van der Waals surface area contributed by atoms with Crippen LogP contribution in [0.3, 0.4) is 0 Å². The molecule has 3 nitrogen and oxygen atoms in total. The molecule has 1 aromatic heterocycles. The molecule has 1 heterocycles. The van der Waals surface area contributed by atoms with Gasteiger partial charge in [0.25, 0.3) is 0 Å². The number of carbonyl (C=O) groups is 1. The van der Waals surface area contributed by atoms with Crippen LogP contribution in [0, 0.1) is 5.92 Å². The summed E-state index contributed by atoms with van der Waals surface area (Å²) in [5, 5.41) is 3.64. The van der Waals surface area contributed by atoms with Crippen LogP contribution in [0.1, 0.15) is 50.4 Å². The first-order valence-electron chi connectivity index (χ1n) is 7.28. The number of hydrogen-bond donors (Lipinski definition) is 1. The van der Waals surface area contributed by atoms with E-state index in [4.69, 9.17) is 16.3 Å². The molecule has 1 aliphatic carbocycles. The molecule has 1 unspecified atom stereocenters. The molecule has 0 radical (unpaired) electrons. The molecule has 2 rings (SSSR count). The normalized spacial score (nSPS) is 24.4. The fraction of sp³-hybridized carbons (Fsp3) is 0.667. The Kier molecular flexibility index (Phi) is 5.87. The van der Waals surface area contributed by atoms with Crippen molar-refractivity contribution in [1.29, 1.82) is 0 Å². The molecule has 1 aliphatic rings. The van der Waals surface area contributed by atoms with Gasteiger partial charge in [-0.1, -0.05) is 11.6 Å². The predicted molar refractivity (Wildman–Crippen MR) is 83.3 cm³/mol. The highest BCUT2D eigenvalue weighted by atomic mass is 35.5. The van der Waals surface area contributed by atoms with Crippen molar-refractivity contribution in [2.45, 2.75) is 51.6 Å². The maximum atomic E-state index is 11.7. The molecule has 0 bridgehead atoms. The Morgan fingerprint density at radius 2 is 2.15 bits per heavy atom. The van der Waals surface area contributed by atoms with Crippen LogP contribution in [-0.2, 0) is 9.53 Å². The van der Waals surface area contributed by atoms with Crippen LogP contribution in [0.2, 0.25) is 4.34 Å². The van der Waals surface area contributed by atoms with Crippen molar-refractivity contribution in [3.05, 3.63) is 21.3 Å². The zero-order chi connectivity index (χ0) is 14.5. The first kappa shape index (κ1) is 15.8. The second-order valence-electron chi connectivity index (χ2n) is 5.33. The summed E-state index contributed by atoms with van der Waals surface area (Å²) in [6.45, 7) is 4.51. The van der Waals surface area contributed by atoms with Crippen molar-refractivity contribution in [3.63, 3.8) is 0 Å². The minimum absolute atomic E-state index is 0.0240. The summed E-state index contributed by atoms with van der Waals surface area (Å²) in [5.41, 5.74) is 0. The highest BCUT2D eigenvalue weighted by Crippen LogP contribution is 2.30. The lowest BCUT2D eigenvalue weighted by molar-refractivity contribution is -0.149. The van der Waals surface area contributed by atoms with Crippen LogP contribution >= 0.6 is 22.9 Å². The van der Waals surface area contributed by atoms with E-state index in [1.54, 1.807) is 11.3 Å². The van der Waals surface area contributed by atoms with Crippen LogP contribution in [0.5, 0.6) is 0 Å². The van der Waals surface area contributed by atoms with Crippen LogP contribution in [-0.4, -0.2) is 18.6 Å². The second-order valence-corrected chi connectivity index (χ2v) is 7.08. The van der Waals surface area contributed by atoms with E-state index in [-0.39, 0.29) is 11.9 Å². The fourth-order valence-electron chi connectivity index (χ4n) is 2.75. The Bertz CT molecular complexity index is 441. The van der Waals surface area contributed by atoms with Crippen molar-refractivity contribution in [2.75, 3.05) is 6.61 Å². The van der Waals surface area contributed by atoms with Crippen molar-refractivity contribution in [2.24, 2.45) is 5.92 Å². The molecule has 0 aliphatic heterocycles. The van der Waals surface area contributed by atoms with Gasteiger partial charge in [-0.3, -0.25) is 4.79 Å². The number of hydrogen-bond acceptors (Lipinski definition) is 4. The van der Waals surface area contributed by atoms with Crippen LogP contribution in [0.15, 0.2) is 12.1 Å². The number of esters is 1. The average Bonchev–Trinajstić information content (AvgIpc) is 2.86. The molecular weight excluding hydrogens is 294 g/mol. The largest absolute Gasteiger partial charge is 0.466 e. The van der Waals surface area contributed by atoms with Crippen molar-refractivity contribution in [3.8, 4) is 0 Å². The minimum Gasteiger partial charge on any atom is -0.466 e. The minimum atomic E-state index is -0.0240. The lowest BCUT2D eigenvalue weighted by atomic mass is 9.86. The van der Waals surface area contributed by atoms with Crippen molar-refractivity contribution < 1.29 is 9.53 Å². The van der Waals surface area contributed by atoms with E-state index >= 15 is 0 Å². The van der Waals surface area contributed by atoms with Gasteiger partial charge >= 0.3 is 5.97 Å². The predicted octanol–water partition coefficient (Wildman–Crippen LogP) is 4.17. The molecule has 0 spiro atoms. The molecule has 1 aromatic rings. The van der Waals surface area contributed by atoms with E-state index in [0.717, 1.165) is 30.0 Å². The van der Waals surface area contributed by atoms with E-state index in [1.165, 1.54) is 4.88 Å². The molecule has 0 saturated heterocycles. The number of halogens is 1. The highest BCUT2D eigenvalue weighted by molar-refractivity contribution is 7.16. The van der Waals surface area contributed by atoms with E-state index in [9.17, 15) is 4.79 Å². The van der Waals surface area contributed by atoms with Gasteiger partial charge in [0.1, 0.15) is 0 Å². The maximum Gasteiger partial charge on any atom is 0.308 e. The lowest BCUT2D eigenvalue weighted by Crippen LogP contribution is -2.36. The van der Waals surface area contributed by atoms with Crippen molar-refractivity contribution >= 4 is 28.9 Å². The van der Waals surface area contributed by atoms with Crippen LogP contribution in [0.25, 0.3) is 0 Å². The Labute approximate surface area is 129 Å². The topological polar surface area (TPSA) is 38.3 Å². The Morgan fingerprint density at radius 1 is 1.45 bits per heavy atom. The third kappa shape index (κ3) is 4.21. The smallest absolute Gasteiger partial charge is 0.308 e. The van der Waals surface area contributed by atoms with Gasteiger partial charge in [-0.25, -0.2) is 0 Å². The van der Waals surface area contributed by atoms with Crippen LogP contribution < -0.4 is 5.32 Å². The standard InChI is InChI=1S/C15H22ClNO2S/c1-3-19-15(18)11-4-6-12(7-5-11)17-10(2)13-8-9-14(16)20-13/h8-12,17H,3-7H2,1-2H3. The van der Waals surface area contributed by atoms with Gasteiger partial charge in [0.2, 0.25) is 0 Å². The lowest BCUT2D eigenvalue weighted by Gasteiger charge is -2.30. The summed E-state index contributed by atoms with van der Waals surface area (Å²) in [6.07, 6.45) is 3.92. The number of nitrogens with one attached hydrogen (secondary N) is 1. The summed E-state index contributed by atoms with van der Waals surface area (Å²) in [6, 6.07) is 4.82. The third-order valence-corrected chi connectivity index (χ3v) is 5.27. The quantitative estimate of drug-likeness (QED) is 0.829. The monoisotopic (exact) mass is 315 g/mol. The molecule has 5 heteroatoms. The first-order chi connectivity index (χ1) is 9.60. The third-order valence-electron chi connectivity index (χ3n) is 3.85. The molecule has 1 atom stereocenters.